The number of hydrogen-bond donors (Lipinski definition) is 1. The van der Waals surface area contributed by atoms with Crippen LogP contribution >= 0.6 is 11.6 Å². The molecule has 3 rings (SSSR count). The Balaban J connectivity index is 1.68. The van der Waals surface area contributed by atoms with Gasteiger partial charge in [0.05, 0.1) is 24.0 Å². The van der Waals surface area contributed by atoms with Gasteiger partial charge in [-0.05, 0) is 25.0 Å². The Morgan fingerprint density at radius 3 is 2.83 bits per heavy atom. The van der Waals surface area contributed by atoms with Crippen LogP contribution in [0.2, 0.25) is 5.02 Å². The Hall–Kier alpha value is -2.34. The van der Waals surface area contributed by atoms with Gasteiger partial charge in [-0.3, -0.25) is 4.79 Å². The van der Waals surface area contributed by atoms with Crippen molar-refractivity contribution in [3.8, 4) is 5.75 Å². The van der Waals surface area contributed by atoms with Crippen LogP contribution < -0.4 is 15.4 Å². The molecule has 23 heavy (non-hydrogen) atoms. The number of anilines is 1. The molecule has 1 atom stereocenters. The number of halogens is 1. The van der Waals surface area contributed by atoms with Gasteiger partial charge in [0.2, 0.25) is 0 Å². The van der Waals surface area contributed by atoms with E-state index in [0.29, 0.717) is 23.1 Å². The highest BCUT2D eigenvalue weighted by Crippen LogP contribution is 2.27. The molecule has 1 aromatic heterocycles. The summed E-state index contributed by atoms with van der Waals surface area (Å²) >= 11 is 6.14. The van der Waals surface area contributed by atoms with Crippen LogP contribution in [-0.4, -0.2) is 35.1 Å². The first-order valence-electron chi connectivity index (χ1n) is 7.41. The van der Waals surface area contributed by atoms with Gasteiger partial charge < -0.3 is 15.4 Å². The van der Waals surface area contributed by atoms with E-state index in [4.69, 9.17) is 22.1 Å². The molecule has 0 saturated carbocycles. The van der Waals surface area contributed by atoms with E-state index in [1.807, 2.05) is 24.3 Å². The highest BCUT2D eigenvalue weighted by Gasteiger charge is 2.23. The van der Waals surface area contributed by atoms with Crippen molar-refractivity contribution in [3.63, 3.8) is 0 Å². The largest absolute Gasteiger partial charge is 0.487 e. The number of ether oxygens (including phenoxy) is 1. The van der Waals surface area contributed by atoms with Crippen molar-refractivity contribution < 1.29 is 9.53 Å². The van der Waals surface area contributed by atoms with E-state index in [2.05, 4.69) is 14.9 Å². The highest BCUT2D eigenvalue weighted by atomic mass is 35.5. The summed E-state index contributed by atoms with van der Waals surface area (Å²) in [4.78, 5) is 21.4. The number of piperidine rings is 1. The second-order valence-electron chi connectivity index (χ2n) is 5.38. The van der Waals surface area contributed by atoms with Crippen LogP contribution in [0.4, 0.5) is 5.82 Å². The van der Waals surface area contributed by atoms with Crippen molar-refractivity contribution in [2.45, 2.75) is 18.9 Å². The van der Waals surface area contributed by atoms with Gasteiger partial charge in [0.25, 0.3) is 5.91 Å². The predicted molar refractivity (Wildman–Crippen MR) is 87.9 cm³/mol. The van der Waals surface area contributed by atoms with E-state index in [1.165, 1.54) is 6.20 Å². The van der Waals surface area contributed by atoms with Gasteiger partial charge >= 0.3 is 0 Å². The van der Waals surface area contributed by atoms with Crippen molar-refractivity contribution in [2.24, 2.45) is 5.73 Å². The van der Waals surface area contributed by atoms with Crippen LogP contribution in [0.1, 0.15) is 23.3 Å². The molecule has 120 valence electrons. The fourth-order valence-corrected chi connectivity index (χ4v) is 2.75. The second kappa shape index (κ2) is 6.83. The molecular formula is C16H17ClN4O2. The molecule has 0 unspecified atom stereocenters. The molecule has 1 saturated heterocycles. The van der Waals surface area contributed by atoms with Crippen molar-refractivity contribution in [2.75, 3.05) is 18.0 Å². The summed E-state index contributed by atoms with van der Waals surface area (Å²) in [5.41, 5.74) is 5.34. The number of nitrogens with zero attached hydrogens (tertiary/aromatic N) is 3. The standard InChI is InChI=1S/C16H17ClN4O2/c17-12-5-1-2-6-14(12)23-11-4-3-7-21(10-11)15-9-19-13(8-20-15)16(18)22/h1-2,5-6,8-9,11H,3-4,7,10H2,(H2,18,22)/t11-/m1/s1. The summed E-state index contributed by atoms with van der Waals surface area (Å²) in [6, 6.07) is 7.45. The third-order valence-corrected chi connectivity index (χ3v) is 4.04. The number of para-hydroxylation sites is 1. The highest BCUT2D eigenvalue weighted by molar-refractivity contribution is 6.32. The van der Waals surface area contributed by atoms with E-state index in [9.17, 15) is 4.79 Å². The molecule has 1 aliphatic rings. The zero-order valence-corrected chi connectivity index (χ0v) is 13.2. The molecule has 1 aromatic carbocycles. The van der Waals surface area contributed by atoms with E-state index < -0.39 is 5.91 Å². The fraction of sp³-hybridized carbons (Fsp3) is 0.312. The lowest BCUT2D eigenvalue weighted by molar-refractivity contribution is 0.0995. The molecule has 1 aliphatic heterocycles. The average Bonchev–Trinajstić information content (AvgIpc) is 2.57. The van der Waals surface area contributed by atoms with Crippen molar-refractivity contribution >= 4 is 23.3 Å². The summed E-state index contributed by atoms with van der Waals surface area (Å²) in [6.07, 6.45) is 4.93. The second-order valence-corrected chi connectivity index (χ2v) is 5.79. The molecule has 0 spiro atoms. The Bertz CT molecular complexity index is 693. The maximum absolute atomic E-state index is 11.0. The molecule has 6 nitrogen and oxygen atoms in total. The molecule has 2 heterocycles. The normalized spacial score (nSPS) is 17.8. The number of benzene rings is 1. The quantitative estimate of drug-likeness (QED) is 0.928. The van der Waals surface area contributed by atoms with Crippen molar-refractivity contribution in [1.29, 1.82) is 0 Å². The maximum Gasteiger partial charge on any atom is 0.268 e. The molecule has 1 amide bonds. The SMILES string of the molecule is NC(=O)c1cnc(N2CCC[C@@H](Oc3ccccc3Cl)C2)cn1. The number of hydrogen-bond acceptors (Lipinski definition) is 5. The molecule has 0 radical (unpaired) electrons. The van der Waals surface area contributed by atoms with E-state index in [-0.39, 0.29) is 11.8 Å². The number of nitrogens with two attached hydrogens (primary N) is 1. The van der Waals surface area contributed by atoms with Gasteiger partial charge in [0, 0.05) is 6.54 Å². The molecule has 0 aliphatic carbocycles. The summed E-state index contributed by atoms with van der Waals surface area (Å²) in [7, 11) is 0. The molecule has 7 heteroatoms. The van der Waals surface area contributed by atoms with Gasteiger partial charge in [-0.25, -0.2) is 9.97 Å². The minimum absolute atomic E-state index is 0.0290. The Labute approximate surface area is 139 Å². The van der Waals surface area contributed by atoms with Crippen molar-refractivity contribution in [1.82, 2.24) is 9.97 Å². The van der Waals surface area contributed by atoms with Crippen LogP contribution in [0.15, 0.2) is 36.7 Å². The number of carbonyl (C=O) groups excluding carboxylic acids is 1. The average molecular weight is 333 g/mol. The van der Waals surface area contributed by atoms with E-state index >= 15 is 0 Å². The number of amides is 1. The zero-order valence-electron chi connectivity index (χ0n) is 12.5. The summed E-state index contributed by atoms with van der Waals surface area (Å²) in [5.74, 6) is 0.821. The first-order chi connectivity index (χ1) is 11.1. The summed E-state index contributed by atoms with van der Waals surface area (Å²) in [5, 5.41) is 0.607. The Morgan fingerprint density at radius 1 is 1.30 bits per heavy atom. The predicted octanol–water partition coefficient (Wildman–Crippen LogP) is 2.28. The third kappa shape index (κ3) is 3.71. The molecule has 2 aromatic rings. The van der Waals surface area contributed by atoms with Gasteiger partial charge in [0.1, 0.15) is 23.4 Å². The number of primary amides is 1. The first kappa shape index (κ1) is 15.6. The minimum atomic E-state index is -0.581. The number of aromatic nitrogens is 2. The monoisotopic (exact) mass is 332 g/mol. The van der Waals surface area contributed by atoms with E-state index in [0.717, 1.165) is 19.4 Å². The van der Waals surface area contributed by atoms with E-state index in [1.54, 1.807) is 6.20 Å². The van der Waals surface area contributed by atoms with Crippen LogP contribution in [0.5, 0.6) is 5.75 Å². The zero-order chi connectivity index (χ0) is 16.2. The fourth-order valence-electron chi connectivity index (χ4n) is 2.57. The van der Waals surface area contributed by atoms with Crippen LogP contribution in [-0.2, 0) is 0 Å². The topological polar surface area (TPSA) is 81.3 Å². The molecule has 0 bridgehead atoms. The van der Waals surface area contributed by atoms with Gasteiger partial charge in [0.15, 0.2) is 0 Å². The minimum Gasteiger partial charge on any atom is -0.487 e. The summed E-state index contributed by atoms with van der Waals surface area (Å²) in [6.45, 7) is 1.56. The van der Waals surface area contributed by atoms with Crippen LogP contribution in [0, 0.1) is 0 Å². The van der Waals surface area contributed by atoms with Gasteiger partial charge in [-0.2, -0.15) is 0 Å². The van der Waals surface area contributed by atoms with Crippen LogP contribution in [0.3, 0.4) is 0 Å². The maximum atomic E-state index is 11.0. The number of carbonyl (C=O) groups is 1. The molecule has 2 N–H and O–H groups in total. The van der Waals surface area contributed by atoms with Crippen LogP contribution in [0.25, 0.3) is 0 Å². The molecular weight excluding hydrogens is 316 g/mol. The lowest BCUT2D eigenvalue weighted by atomic mass is 10.1. The summed E-state index contributed by atoms with van der Waals surface area (Å²) < 4.78 is 6.00. The molecule has 1 fully saturated rings. The lowest BCUT2D eigenvalue weighted by Crippen LogP contribution is -2.41. The smallest absolute Gasteiger partial charge is 0.268 e. The first-order valence-corrected chi connectivity index (χ1v) is 7.79. The van der Waals surface area contributed by atoms with Crippen molar-refractivity contribution in [3.05, 3.63) is 47.4 Å². The lowest BCUT2D eigenvalue weighted by Gasteiger charge is -2.33. The van der Waals surface area contributed by atoms with Gasteiger partial charge in [-0.1, -0.05) is 23.7 Å². The Kier molecular flexibility index (Phi) is 4.62. The van der Waals surface area contributed by atoms with Gasteiger partial charge in [-0.15, -0.1) is 0 Å². The third-order valence-electron chi connectivity index (χ3n) is 3.72. The number of rotatable bonds is 4. The Morgan fingerprint density at radius 2 is 2.13 bits per heavy atom.